The molecule has 1 aliphatic heterocycles. The molecule has 1 fully saturated rings. The van der Waals surface area contributed by atoms with Crippen LogP contribution in [0.1, 0.15) is 44.1 Å². The van der Waals surface area contributed by atoms with E-state index in [4.69, 9.17) is 4.74 Å². The van der Waals surface area contributed by atoms with Gasteiger partial charge in [-0.05, 0) is 73.6 Å². The van der Waals surface area contributed by atoms with Crippen LogP contribution in [-0.2, 0) is 16.0 Å². The topological polar surface area (TPSA) is 70.0 Å². The van der Waals surface area contributed by atoms with Crippen molar-refractivity contribution in [1.82, 2.24) is 0 Å². The lowest BCUT2D eigenvalue weighted by atomic mass is 9.77. The molecule has 0 aromatic heterocycles. The lowest BCUT2D eigenvalue weighted by molar-refractivity contribution is -0.167. The molecule has 0 radical (unpaired) electrons. The van der Waals surface area contributed by atoms with Crippen LogP contribution in [-0.4, -0.2) is 21.8 Å². The molecule has 5 heteroatoms. The van der Waals surface area contributed by atoms with Gasteiger partial charge in [-0.3, -0.25) is 0 Å². The number of carbonyl (C=O) groups excluding carboxylic acids is 1. The molecule has 0 saturated heterocycles. The summed E-state index contributed by atoms with van der Waals surface area (Å²) in [6, 6.07) is 26.4. The molecular formula is C30H31NO4. The molecule has 1 saturated carbocycles. The van der Waals surface area contributed by atoms with E-state index >= 15 is 0 Å². The second-order valence-corrected chi connectivity index (χ2v) is 9.58. The molecule has 1 heterocycles. The van der Waals surface area contributed by atoms with Crippen LogP contribution in [0.15, 0.2) is 96.4 Å². The molecule has 1 aliphatic carbocycles. The smallest absolute Gasteiger partial charge is 0.359 e. The Balaban J connectivity index is 1.52. The second-order valence-electron chi connectivity index (χ2n) is 9.58. The van der Waals surface area contributed by atoms with E-state index in [9.17, 15) is 15.0 Å². The molecule has 1 atom stereocenters. The van der Waals surface area contributed by atoms with Gasteiger partial charge < -0.3 is 19.8 Å². The largest absolute Gasteiger partial charge is 0.510 e. The van der Waals surface area contributed by atoms with E-state index in [-0.39, 0.29) is 29.5 Å². The number of cyclic esters (lactones) is 1. The summed E-state index contributed by atoms with van der Waals surface area (Å²) in [5.41, 5.74) is 1.97. The molecule has 2 N–H and O–H groups in total. The van der Waals surface area contributed by atoms with E-state index in [1.165, 1.54) is 0 Å². The Morgan fingerprint density at radius 1 is 0.857 bits per heavy atom. The van der Waals surface area contributed by atoms with Gasteiger partial charge in [0.2, 0.25) is 0 Å². The van der Waals surface area contributed by atoms with E-state index in [0.29, 0.717) is 12.8 Å². The predicted molar refractivity (Wildman–Crippen MR) is 137 cm³/mol. The molecule has 0 spiro atoms. The van der Waals surface area contributed by atoms with Gasteiger partial charge in [0.15, 0.2) is 5.70 Å². The second kappa shape index (κ2) is 9.87. The number of ether oxygens (including phenoxy) is 1. The zero-order chi connectivity index (χ0) is 24.3. The van der Waals surface area contributed by atoms with Gasteiger partial charge in [0.05, 0.1) is 0 Å². The number of rotatable bonds is 7. The van der Waals surface area contributed by atoms with Crippen molar-refractivity contribution >= 4 is 17.3 Å². The Hall–Kier alpha value is -3.73. The number of aliphatic hydroxyl groups is 1. The van der Waals surface area contributed by atoms with Crippen molar-refractivity contribution in [3.63, 3.8) is 0 Å². The van der Waals surface area contributed by atoms with Crippen LogP contribution in [0.4, 0.5) is 11.4 Å². The van der Waals surface area contributed by atoms with E-state index in [1.54, 1.807) is 17.0 Å². The van der Waals surface area contributed by atoms with Crippen LogP contribution in [0.2, 0.25) is 0 Å². The van der Waals surface area contributed by atoms with Crippen molar-refractivity contribution in [3.05, 3.63) is 102 Å². The lowest BCUT2D eigenvalue weighted by Crippen LogP contribution is -2.48. The summed E-state index contributed by atoms with van der Waals surface area (Å²) in [6.07, 6.45) is 5.71. The highest BCUT2D eigenvalue weighted by atomic mass is 16.6. The number of hydrogen-bond acceptors (Lipinski definition) is 5. The summed E-state index contributed by atoms with van der Waals surface area (Å²) in [5.74, 6) is -0.000150. The number of aliphatic hydroxyl groups excluding tert-OH is 1. The first-order valence-corrected chi connectivity index (χ1v) is 12.4. The monoisotopic (exact) mass is 469 g/mol. The molecule has 5 nitrogen and oxygen atoms in total. The number of carbonyl (C=O) groups is 1. The summed E-state index contributed by atoms with van der Waals surface area (Å²) in [5, 5.41) is 21.4. The van der Waals surface area contributed by atoms with Gasteiger partial charge in [-0.2, -0.15) is 0 Å². The Kier molecular flexibility index (Phi) is 6.49. The summed E-state index contributed by atoms with van der Waals surface area (Å²) < 4.78 is 6.36. The van der Waals surface area contributed by atoms with Gasteiger partial charge in [0, 0.05) is 17.8 Å². The SMILES string of the molecule is O=C1OC(CCc2cccc(O)c2)(C2CCCC2)CC(O)=C1N(c1ccccc1)c1ccccc1. The molecule has 5 rings (SSSR count). The first-order valence-electron chi connectivity index (χ1n) is 12.4. The number of benzene rings is 3. The number of para-hydroxylation sites is 2. The normalized spacial score (nSPS) is 20.6. The standard InChI is InChI=1S/C30H31NO4/c32-26-17-9-10-22(20-26)18-19-30(23-11-7-8-12-23)21-27(33)28(29(34)35-30)31(24-13-3-1-4-14-24)25-15-5-2-6-16-25/h1-6,9-10,13-17,20,23,32-33H,7-8,11-12,18-19,21H2. The summed E-state index contributed by atoms with van der Waals surface area (Å²) in [4.78, 5) is 15.5. The van der Waals surface area contributed by atoms with E-state index in [2.05, 4.69) is 0 Å². The average molecular weight is 470 g/mol. The van der Waals surface area contributed by atoms with Crippen LogP contribution in [0, 0.1) is 5.92 Å². The Bertz CT molecular complexity index is 1160. The molecule has 3 aromatic rings. The maximum absolute atomic E-state index is 13.7. The first-order chi connectivity index (χ1) is 17.1. The summed E-state index contributed by atoms with van der Waals surface area (Å²) in [7, 11) is 0. The minimum atomic E-state index is -0.758. The third kappa shape index (κ3) is 4.76. The predicted octanol–water partition coefficient (Wildman–Crippen LogP) is 6.81. The molecule has 1 unspecified atom stereocenters. The first kappa shape index (κ1) is 23.0. The Morgan fingerprint density at radius 3 is 2.06 bits per heavy atom. The third-order valence-electron chi connectivity index (χ3n) is 7.33. The van der Waals surface area contributed by atoms with Crippen LogP contribution in [0.5, 0.6) is 5.75 Å². The number of aryl methyl sites for hydroxylation is 1. The van der Waals surface area contributed by atoms with Gasteiger partial charge in [-0.1, -0.05) is 61.4 Å². The van der Waals surface area contributed by atoms with Crippen molar-refractivity contribution < 1.29 is 19.7 Å². The van der Waals surface area contributed by atoms with Gasteiger partial charge in [0.1, 0.15) is 17.1 Å². The maximum Gasteiger partial charge on any atom is 0.359 e. The number of phenolic OH excluding ortho intramolecular Hbond substituents is 1. The van der Waals surface area contributed by atoms with Gasteiger partial charge in [-0.15, -0.1) is 0 Å². The average Bonchev–Trinajstić information content (AvgIpc) is 3.42. The maximum atomic E-state index is 13.7. The van der Waals surface area contributed by atoms with Crippen molar-refractivity contribution in [1.29, 1.82) is 0 Å². The minimum Gasteiger partial charge on any atom is -0.510 e. The fraction of sp³-hybridized carbons (Fsp3) is 0.300. The number of nitrogens with zero attached hydrogens (tertiary/aromatic N) is 1. The number of phenols is 1. The lowest BCUT2D eigenvalue weighted by Gasteiger charge is -2.43. The highest BCUT2D eigenvalue weighted by molar-refractivity contribution is 5.97. The highest BCUT2D eigenvalue weighted by Crippen LogP contribution is 2.47. The number of aromatic hydroxyl groups is 1. The highest BCUT2D eigenvalue weighted by Gasteiger charge is 2.49. The van der Waals surface area contributed by atoms with E-state index < -0.39 is 11.6 Å². The minimum absolute atomic E-state index is 0.0664. The number of anilines is 2. The van der Waals surface area contributed by atoms with Crippen molar-refractivity contribution in [2.24, 2.45) is 5.92 Å². The fourth-order valence-corrected chi connectivity index (χ4v) is 5.63. The van der Waals surface area contributed by atoms with Gasteiger partial charge in [-0.25, -0.2) is 4.79 Å². The summed E-state index contributed by atoms with van der Waals surface area (Å²) in [6.45, 7) is 0. The molecule has 180 valence electrons. The molecule has 0 amide bonds. The third-order valence-corrected chi connectivity index (χ3v) is 7.33. The zero-order valence-electron chi connectivity index (χ0n) is 19.8. The number of esters is 1. The molecular weight excluding hydrogens is 438 g/mol. The van der Waals surface area contributed by atoms with Crippen LogP contribution in [0.3, 0.4) is 0 Å². The quantitative estimate of drug-likeness (QED) is 0.372. The molecule has 0 bridgehead atoms. The van der Waals surface area contributed by atoms with E-state index in [0.717, 1.165) is 42.6 Å². The Labute approximate surface area is 206 Å². The summed E-state index contributed by atoms with van der Waals surface area (Å²) >= 11 is 0. The Morgan fingerprint density at radius 2 is 1.49 bits per heavy atom. The molecule has 35 heavy (non-hydrogen) atoms. The zero-order valence-corrected chi connectivity index (χ0v) is 19.8. The van der Waals surface area contributed by atoms with Crippen LogP contribution in [0.25, 0.3) is 0 Å². The molecule has 2 aliphatic rings. The van der Waals surface area contributed by atoms with Crippen molar-refractivity contribution in [3.8, 4) is 5.75 Å². The van der Waals surface area contributed by atoms with Crippen LogP contribution >= 0.6 is 0 Å². The van der Waals surface area contributed by atoms with Crippen LogP contribution < -0.4 is 4.90 Å². The van der Waals surface area contributed by atoms with Crippen molar-refractivity contribution in [2.45, 2.75) is 50.5 Å². The van der Waals surface area contributed by atoms with Crippen molar-refractivity contribution in [2.75, 3.05) is 4.90 Å². The van der Waals surface area contributed by atoms with Gasteiger partial charge >= 0.3 is 5.97 Å². The number of hydrogen-bond donors (Lipinski definition) is 2. The molecule has 3 aromatic carbocycles. The van der Waals surface area contributed by atoms with E-state index in [1.807, 2.05) is 72.8 Å². The fourth-order valence-electron chi connectivity index (χ4n) is 5.63. The van der Waals surface area contributed by atoms with Gasteiger partial charge in [0.25, 0.3) is 0 Å².